The van der Waals surface area contributed by atoms with Crippen molar-refractivity contribution in [3.8, 4) is 17.0 Å². The van der Waals surface area contributed by atoms with Gasteiger partial charge in [0.2, 0.25) is 17.6 Å². The van der Waals surface area contributed by atoms with Crippen LogP contribution in [0.3, 0.4) is 0 Å². The number of likely N-dealkylation sites (N-methyl/N-ethyl adjacent to an activating group) is 2. The molecule has 9 rings (SSSR count). The van der Waals surface area contributed by atoms with Gasteiger partial charge in [-0.2, -0.15) is 13.2 Å². The van der Waals surface area contributed by atoms with Crippen LogP contribution in [0.5, 0.6) is 5.75 Å². The second-order valence-corrected chi connectivity index (χ2v) is 26.0. The summed E-state index contributed by atoms with van der Waals surface area (Å²) in [4.78, 5) is 103. The van der Waals surface area contributed by atoms with Crippen LogP contribution in [-0.2, 0) is 46.1 Å². The number of hydrogen-bond acceptors (Lipinski definition) is 18. The number of halogens is 3. The third kappa shape index (κ3) is 18.9. The summed E-state index contributed by atoms with van der Waals surface area (Å²) in [6, 6.07) is 18.8. The Morgan fingerprint density at radius 1 is 0.750 bits per heavy atom. The molecule has 494 valence electrons. The molecule has 5 amide bonds. The summed E-state index contributed by atoms with van der Waals surface area (Å²) in [6.45, 7) is 14.6. The number of piperazine rings is 1. The molecule has 6 aromatic rings. The van der Waals surface area contributed by atoms with Crippen LogP contribution < -0.4 is 20.7 Å². The molecular formula is C66H81F3N10O11S2. The highest BCUT2D eigenvalue weighted by Crippen LogP contribution is 2.38. The fourth-order valence-corrected chi connectivity index (χ4v) is 13.1. The van der Waals surface area contributed by atoms with E-state index in [9.17, 15) is 41.9 Å². The number of pyridine rings is 1. The lowest BCUT2D eigenvalue weighted by molar-refractivity contribution is -0.140. The smallest absolute Gasteiger partial charge is 0.416 e. The average Bonchev–Trinajstić information content (AvgIpc) is 1.52. The van der Waals surface area contributed by atoms with Gasteiger partial charge in [-0.1, -0.05) is 67.9 Å². The number of rotatable bonds is 27. The van der Waals surface area contributed by atoms with Gasteiger partial charge in [0.05, 0.1) is 50.3 Å². The largest absolute Gasteiger partial charge is 0.491 e. The third-order valence-corrected chi connectivity index (χ3v) is 18.2. The number of nitrogens with zero attached hydrogens (tertiary/aromatic N) is 7. The minimum Gasteiger partial charge on any atom is -0.491 e. The number of aromatic nitrogens is 3. The Hall–Kier alpha value is -7.46. The van der Waals surface area contributed by atoms with E-state index in [1.807, 2.05) is 4.90 Å². The summed E-state index contributed by atoms with van der Waals surface area (Å²) < 4.78 is 71.0. The van der Waals surface area contributed by atoms with Crippen molar-refractivity contribution in [2.45, 2.75) is 116 Å². The van der Waals surface area contributed by atoms with Gasteiger partial charge in [0.15, 0.2) is 5.13 Å². The number of thiazole rings is 2. The molecular weight excluding hydrogens is 1230 g/mol. The summed E-state index contributed by atoms with van der Waals surface area (Å²) in [5.41, 5.74) is 1.20. The molecule has 92 heavy (non-hydrogen) atoms. The summed E-state index contributed by atoms with van der Waals surface area (Å²) in [7, 11) is 1.51. The zero-order valence-corrected chi connectivity index (χ0v) is 54.4. The SMILES string of the molecule is CCN1CCN(Cc2ccc(NC(=O)c3cccc(-c4ccc5nc(NC(=O)COCCOCCOCCOc6cccc(C(=O)c7csc([C@@H]8CCCN8C(=O)[C@@H](NC(=O)[C@H](C)N(C)C(=O)OC(C)(C)C)C8CCCCC8)n7)c6)sc5n4)c3)cc2C(F)(F)F)CC1. The number of nitrogens with one attached hydrogen (secondary N) is 3. The lowest BCUT2D eigenvalue weighted by Gasteiger charge is -2.36. The second-order valence-electron chi connectivity index (χ2n) is 24.1. The number of benzene rings is 3. The first-order valence-electron chi connectivity index (χ1n) is 31.3. The Kier molecular flexibility index (Phi) is 23.9. The van der Waals surface area contributed by atoms with Crippen LogP contribution in [0.15, 0.2) is 84.2 Å². The lowest BCUT2D eigenvalue weighted by atomic mass is 9.83. The number of likely N-dealkylation sites (tertiary alicyclic amines) is 1. The van der Waals surface area contributed by atoms with Crippen molar-refractivity contribution in [1.82, 2.24) is 39.9 Å². The molecule has 2 saturated heterocycles. The number of ketones is 1. The predicted molar refractivity (Wildman–Crippen MR) is 344 cm³/mol. The fourth-order valence-electron chi connectivity index (χ4n) is 11.3. The zero-order chi connectivity index (χ0) is 65.5. The maximum atomic E-state index is 14.5. The van der Waals surface area contributed by atoms with Crippen molar-refractivity contribution in [2.24, 2.45) is 5.92 Å². The molecule has 1 saturated carbocycles. The van der Waals surface area contributed by atoms with Crippen LogP contribution in [-0.4, -0.2) is 180 Å². The van der Waals surface area contributed by atoms with Crippen molar-refractivity contribution < 1.29 is 65.6 Å². The average molecular weight is 1310 g/mol. The van der Waals surface area contributed by atoms with E-state index in [0.717, 1.165) is 75.6 Å². The summed E-state index contributed by atoms with van der Waals surface area (Å²) in [5.74, 6) is -1.50. The maximum absolute atomic E-state index is 14.5. The number of amides is 5. The first kappa shape index (κ1) is 68.9. The highest BCUT2D eigenvalue weighted by atomic mass is 32.1. The zero-order valence-electron chi connectivity index (χ0n) is 52.8. The number of fused-ring (bicyclic) bond motifs is 1. The molecule has 0 bridgehead atoms. The van der Waals surface area contributed by atoms with Crippen LogP contribution in [0.25, 0.3) is 21.6 Å². The van der Waals surface area contributed by atoms with Crippen LogP contribution in [0, 0.1) is 5.92 Å². The van der Waals surface area contributed by atoms with E-state index in [1.165, 1.54) is 35.4 Å². The molecule has 21 nitrogen and oxygen atoms in total. The molecule has 0 spiro atoms. The molecule has 0 unspecified atom stereocenters. The predicted octanol–water partition coefficient (Wildman–Crippen LogP) is 10.5. The number of hydrogen-bond donors (Lipinski definition) is 3. The Bertz CT molecular complexity index is 3530. The van der Waals surface area contributed by atoms with Gasteiger partial charge in [0.1, 0.15) is 57.7 Å². The highest BCUT2D eigenvalue weighted by molar-refractivity contribution is 7.22. The Labute approximate surface area is 541 Å². The minimum absolute atomic E-state index is 0.0331. The third-order valence-electron chi connectivity index (χ3n) is 16.4. The number of carbonyl (C=O) groups excluding carboxylic acids is 6. The van der Waals surface area contributed by atoms with Crippen molar-refractivity contribution in [2.75, 3.05) is 103 Å². The Balaban J connectivity index is 0.661. The van der Waals surface area contributed by atoms with Crippen molar-refractivity contribution in [1.29, 1.82) is 0 Å². The quantitative estimate of drug-likeness (QED) is 0.0321. The highest BCUT2D eigenvalue weighted by Gasteiger charge is 2.41. The molecule has 2 aliphatic heterocycles. The van der Waals surface area contributed by atoms with E-state index < -0.39 is 53.2 Å². The molecule has 26 heteroatoms. The molecule has 3 atom stereocenters. The van der Waals surface area contributed by atoms with E-state index in [2.05, 4.69) is 32.8 Å². The van der Waals surface area contributed by atoms with Gasteiger partial charge in [-0.15, -0.1) is 11.3 Å². The van der Waals surface area contributed by atoms with Gasteiger partial charge in [-0.25, -0.2) is 19.7 Å². The van der Waals surface area contributed by atoms with E-state index in [1.54, 1.807) is 98.6 Å². The van der Waals surface area contributed by atoms with Crippen molar-refractivity contribution >= 4 is 79.3 Å². The standard InChI is InChI=1S/C66H81F3N10O11S2/c1-7-77-26-28-78(29-27-77)39-47-21-22-48(38-50(47)66(67,68)69)70-59(83)46-18-11-16-44(36-46)51-23-24-52-60(71-51)92-63(73-52)74-55(80)40-88-33-32-86-30-31-87-34-35-89-49-19-12-17-45(37-49)57(81)53-41-91-61(72-53)54-20-13-25-79(54)62(84)56(43-14-9-8-10-15-43)75-58(82)42(2)76(6)64(85)90-65(3,4)5/h11-12,16-19,21-24,36-38,41-43,54,56H,7-10,13-15,20,25-35,39-40H2,1-6H3,(H,70,83)(H,75,82)(H,73,74,80)/t42-,54-,56-/m0/s1. The Morgan fingerprint density at radius 2 is 1.46 bits per heavy atom. The number of anilines is 2. The fraction of sp³-hybridized carbons (Fsp3) is 0.500. The summed E-state index contributed by atoms with van der Waals surface area (Å²) >= 11 is 2.49. The van der Waals surface area contributed by atoms with Crippen LogP contribution >= 0.6 is 22.7 Å². The summed E-state index contributed by atoms with van der Waals surface area (Å²) in [6.07, 6.45) is 0.744. The van der Waals surface area contributed by atoms with Crippen molar-refractivity contribution in [3.63, 3.8) is 0 Å². The number of carbonyl (C=O) groups is 6. The van der Waals surface area contributed by atoms with E-state index in [4.69, 9.17) is 33.7 Å². The molecule has 3 N–H and O–H groups in total. The second kappa shape index (κ2) is 31.9. The summed E-state index contributed by atoms with van der Waals surface area (Å²) in [5, 5.41) is 11.1. The first-order chi connectivity index (χ1) is 44.1. The Morgan fingerprint density at radius 3 is 2.18 bits per heavy atom. The van der Waals surface area contributed by atoms with Gasteiger partial charge in [0.25, 0.3) is 11.8 Å². The van der Waals surface area contributed by atoms with E-state index >= 15 is 0 Å². The number of alkyl halides is 3. The maximum Gasteiger partial charge on any atom is 0.416 e. The molecule has 3 aliphatic rings. The van der Waals surface area contributed by atoms with Crippen molar-refractivity contribution in [3.05, 3.63) is 117 Å². The molecule has 3 fully saturated rings. The van der Waals surface area contributed by atoms with E-state index in [0.29, 0.717) is 69.1 Å². The van der Waals surface area contributed by atoms with Crippen LogP contribution in [0.2, 0.25) is 0 Å². The van der Waals surface area contributed by atoms with Crippen LogP contribution in [0.4, 0.5) is 28.8 Å². The van der Waals surface area contributed by atoms with Gasteiger partial charge in [-0.05, 0) is 120 Å². The van der Waals surface area contributed by atoms with Crippen LogP contribution in [0.1, 0.15) is 128 Å². The minimum atomic E-state index is -4.61. The lowest BCUT2D eigenvalue weighted by Crippen LogP contribution is -2.56. The normalized spacial score (nSPS) is 16.7. The van der Waals surface area contributed by atoms with Gasteiger partial charge in [0, 0.05) is 74.1 Å². The number of ether oxygens (including phenoxy) is 5. The molecule has 3 aromatic heterocycles. The molecule has 1 aliphatic carbocycles. The van der Waals surface area contributed by atoms with Gasteiger partial charge >= 0.3 is 12.3 Å². The van der Waals surface area contributed by atoms with E-state index in [-0.39, 0.29) is 99.0 Å². The molecule has 5 heterocycles. The van der Waals surface area contributed by atoms with Gasteiger partial charge in [-0.3, -0.25) is 39.1 Å². The molecule has 3 aromatic carbocycles. The first-order valence-corrected chi connectivity index (χ1v) is 33.0. The van der Waals surface area contributed by atoms with Gasteiger partial charge < -0.3 is 44.1 Å². The topological polar surface area (TPSA) is 236 Å². The molecule has 0 radical (unpaired) electrons. The monoisotopic (exact) mass is 1310 g/mol.